The van der Waals surface area contributed by atoms with Gasteiger partial charge in [0.2, 0.25) is 0 Å². The summed E-state index contributed by atoms with van der Waals surface area (Å²) in [6.45, 7) is 1.10. The molecular weight excluding hydrogens is 1020 g/mol. The fourth-order valence-electron chi connectivity index (χ4n) is 7.55. The van der Waals surface area contributed by atoms with Crippen LogP contribution in [0.15, 0.2) is 99.3 Å². The third-order valence-electron chi connectivity index (χ3n) is 10.8. The van der Waals surface area contributed by atoms with Crippen LogP contribution in [0.5, 0.6) is 0 Å². The Labute approximate surface area is 412 Å². The molecule has 73 heavy (non-hydrogen) atoms. The first-order valence-corrected chi connectivity index (χ1v) is 26.0. The topological polar surface area (TPSA) is 374 Å². The monoisotopic (exact) mass is 1070 g/mol. The highest BCUT2D eigenvalue weighted by molar-refractivity contribution is 7.66. The number of carbonyl (C=O) groups excluding carboxylic acids is 1. The SMILES string of the molecule is CCN=c1ccc2c(-c3cc(C(=O)NCC#Cc4ccc(CNc5ccn([C@H]6CC(O)[C@@H](COP(=O)(O)OP(=O)(O)OP(=O)(O)O)O6)c(=O)n5)c([N+](=O)[O-])c4)ccc3C(=O)O)c3ccc(N(C)C)cc3oc-2c1. The largest absolute Gasteiger partial charge is 0.490 e. The molecule has 4 aromatic rings. The molecule has 0 spiro atoms. The molecule has 3 aromatic carbocycles. The summed E-state index contributed by atoms with van der Waals surface area (Å²) in [6, 6.07) is 20.6. The lowest BCUT2D eigenvalue weighted by Gasteiger charge is -2.19. The van der Waals surface area contributed by atoms with Crippen LogP contribution < -0.4 is 26.6 Å². The zero-order chi connectivity index (χ0) is 53.0. The number of anilines is 2. The molecule has 26 nitrogen and oxygen atoms in total. The van der Waals surface area contributed by atoms with Crippen LogP contribution in [0.25, 0.3) is 33.4 Å². The number of phosphoric ester groups is 1. The van der Waals surface area contributed by atoms with Gasteiger partial charge in [0, 0.05) is 96.9 Å². The average molecular weight is 1070 g/mol. The first kappa shape index (κ1) is 53.8. The number of carboxylic acids is 1. The summed E-state index contributed by atoms with van der Waals surface area (Å²) in [7, 11) is -13.2. The number of carbonyl (C=O) groups is 2. The van der Waals surface area contributed by atoms with Gasteiger partial charge in [0.1, 0.15) is 29.5 Å². The van der Waals surface area contributed by atoms with Crippen LogP contribution >= 0.6 is 23.5 Å². The molecule has 1 fully saturated rings. The van der Waals surface area contributed by atoms with Crippen LogP contribution in [-0.2, 0) is 38.1 Å². The molecule has 1 amide bonds. The molecule has 1 saturated heterocycles. The van der Waals surface area contributed by atoms with E-state index in [9.17, 15) is 58.2 Å². The summed E-state index contributed by atoms with van der Waals surface area (Å²) in [5.74, 6) is 4.22. The number of hydrogen-bond acceptors (Lipinski definition) is 18. The summed E-state index contributed by atoms with van der Waals surface area (Å²) in [6.07, 6.45) is -3.09. The predicted molar refractivity (Wildman–Crippen MR) is 258 cm³/mol. The van der Waals surface area contributed by atoms with E-state index in [-0.39, 0.29) is 58.8 Å². The van der Waals surface area contributed by atoms with Crippen molar-refractivity contribution >= 4 is 63.5 Å². The second-order valence-electron chi connectivity index (χ2n) is 16.0. The molecule has 8 N–H and O–H groups in total. The molecule has 0 saturated carbocycles. The third kappa shape index (κ3) is 13.4. The number of phosphoric acid groups is 3. The van der Waals surface area contributed by atoms with Crippen molar-refractivity contribution in [3.63, 3.8) is 0 Å². The Bertz CT molecular complexity index is 3460. The number of rotatable bonds is 18. The molecule has 3 aliphatic rings. The van der Waals surface area contributed by atoms with Gasteiger partial charge < -0.3 is 54.5 Å². The summed E-state index contributed by atoms with van der Waals surface area (Å²) < 4.78 is 59.1. The zero-order valence-corrected chi connectivity index (χ0v) is 41.1. The molecule has 7 rings (SSSR count). The van der Waals surface area contributed by atoms with Crippen molar-refractivity contribution in [3.8, 4) is 34.3 Å². The lowest BCUT2D eigenvalue weighted by atomic mass is 9.89. The Morgan fingerprint density at radius 1 is 0.986 bits per heavy atom. The molecule has 1 aliphatic carbocycles. The summed E-state index contributed by atoms with van der Waals surface area (Å²) in [5.41, 5.74) is 1.99. The van der Waals surface area contributed by atoms with Crippen molar-refractivity contribution in [1.82, 2.24) is 14.9 Å². The molecule has 2 aliphatic heterocycles. The lowest BCUT2D eigenvalue weighted by Crippen LogP contribution is -2.28. The van der Waals surface area contributed by atoms with Crippen LogP contribution in [0.4, 0.5) is 17.2 Å². The molecule has 3 unspecified atom stereocenters. The van der Waals surface area contributed by atoms with E-state index in [2.05, 4.69) is 45.6 Å². The highest BCUT2D eigenvalue weighted by Crippen LogP contribution is 2.66. The number of aliphatic hydroxyl groups excluding tert-OH is 1. The van der Waals surface area contributed by atoms with Gasteiger partial charge in [-0.15, -0.1) is 0 Å². The molecule has 29 heteroatoms. The Balaban J connectivity index is 1.00. The highest BCUT2D eigenvalue weighted by Gasteiger charge is 2.43. The molecule has 1 aromatic heterocycles. The Morgan fingerprint density at radius 3 is 2.44 bits per heavy atom. The Kier molecular flexibility index (Phi) is 16.3. The molecule has 3 heterocycles. The van der Waals surface area contributed by atoms with Gasteiger partial charge in [0.05, 0.1) is 35.1 Å². The molecule has 0 radical (unpaired) electrons. The number of ether oxygens (including phenoxy) is 1. The van der Waals surface area contributed by atoms with Crippen molar-refractivity contribution in [1.29, 1.82) is 0 Å². The van der Waals surface area contributed by atoms with Gasteiger partial charge in [0.25, 0.3) is 11.6 Å². The number of carboxylic acid groups (broad SMARTS) is 1. The normalized spacial score (nSPS) is 17.6. The van der Waals surface area contributed by atoms with Crippen molar-refractivity contribution in [2.45, 2.75) is 38.3 Å². The van der Waals surface area contributed by atoms with E-state index in [0.717, 1.165) is 10.3 Å². The van der Waals surface area contributed by atoms with Crippen molar-refractivity contribution < 1.29 is 80.3 Å². The fourth-order valence-corrected chi connectivity index (χ4v) is 10.6. The second kappa shape index (κ2) is 22.0. The number of fused-ring (bicyclic) bond motifs is 2. The summed E-state index contributed by atoms with van der Waals surface area (Å²) in [5, 5.41) is 39.7. The van der Waals surface area contributed by atoms with Gasteiger partial charge in [-0.25, -0.2) is 23.3 Å². The molecule has 0 bridgehead atoms. The van der Waals surface area contributed by atoms with E-state index < -0.39 is 71.0 Å². The lowest BCUT2D eigenvalue weighted by molar-refractivity contribution is -0.385. The number of nitrogens with zero attached hydrogens (tertiary/aromatic N) is 5. The van der Waals surface area contributed by atoms with Gasteiger partial charge in [-0.05, 0) is 73.2 Å². The Morgan fingerprint density at radius 2 is 1.75 bits per heavy atom. The van der Waals surface area contributed by atoms with E-state index in [4.69, 9.17) is 18.9 Å². The first-order valence-electron chi connectivity index (χ1n) is 21.5. The van der Waals surface area contributed by atoms with Gasteiger partial charge in [-0.1, -0.05) is 11.8 Å². The van der Waals surface area contributed by atoms with Crippen LogP contribution in [0, 0.1) is 22.0 Å². The molecule has 384 valence electrons. The number of aliphatic hydroxyl groups is 1. The minimum absolute atomic E-state index is 0.0143. The average Bonchev–Trinajstić information content (AvgIpc) is 3.68. The maximum atomic E-state index is 13.6. The number of nitro groups is 1. The number of amides is 1. The van der Waals surface area contributed by atoms with Crippen molar-refractivity contribution in [2.75, 3.05) is 44.0 Å². The van der Waals surface area contributed by atoms with Gasteiger partial charge >= 0.3 is 35.1 Å². The van der Waals surface area contributed by atoms with Crippen molar-refractivity contribution in [3.05, 3.63) is 133 Å². The molecular formula is C44H44N7O19P3. The van der Waals surface area contributed by atoms with E-state index in [1.807, 2.05) is 44.1 Å². The number of benzene rings is 4. The number of aromatic carboxylic acids is 1. The standard InChI is InChI=1S/C44H44N7O19P3/c1-4-45-28-10-13-31-36(20-28)67-37-21-29(49(2)3)11-14-32(37)41(31)33-19-26(9-12-30(33)43(54)55)42(53)46-16-5-6-25-7-8-27(34(18-25)51(57)58)23-47-39-15-17-50(44(56)48-39)40-22-35(52)38(68-40)24-66-72(62,63)70-73(64,65)69-71(59,60)61/h7-15,17-21,35,38,40,52H,4,16,22-24H2,1-3H3,(H,46,53)(H,54,55)(H,62,63)(H,64,65)(H,47,48,56)(H2,59,60,61)/t35?,38-,40-/m1/s1. The fraction of sp³-hybridized carbons (Fsp3) is 0.250. The highest BCUT2D eigenvalue weighted by atomic mass is 31.3. The van der Waals surface area contributed by atoms with E-state index in [1.165, 1.54) is 48.7 Å². The summed E-state index contributed by atoms with van der Waals surface area (Å²) >= 11 is 0. The zero-order valence-electron chi connectivity index (χ0n) is 38.4. The number of hydrogen-bond donors (Lipinski definition) is 8. The second-order valence-corrected chi connectivity index (χ2v) is 20.5. The quantitative estimate of drug-likeness (QED) is 0.0189. The van der Waals surface area contributed by atoms with Crippen molar-refractivity contribution in [2.24, 2.45) is 4.99 Å². The van der Waals surface area contributed by atoms with Crippen LogP contribution in [-0.4, -0.2) is 102 Å². The van der Waals surface area contributed by atoms with Crippen LogP contribution in [0.2, 0.25) is 0 Å². The van der Waals surface area contributed by atoms with E-state index >= 15 is 0 Å². The maximum absolute atomic E-state index is 13.6. The van der Waals surface area contributed by atoms with Gasteiger partial charge in [0.15, 0.2) is 0 Å². The van der Waals surface area contributed by atoms with Gasteiger partial charge in [-0.2, -0.15) is 13.6 Å². The first-order chi connectivity index (χ1) is 34.4. The number of nitrogens with one attached hydrogen (secondary N) is 2. The maximum Gasteiger partial charge on any atom is 0.490 e. The third-order valence-corrected chi connectivity index (χ3v) is 14.6. The van der Waals surface area contributed by atoms with Gasteiger partial charge in [-0.3, -0.25) is 29.0 Å². The minimum atomic E-state index is -5.79. The van der Waals surface area contributed by atoms with Crippen LogP contribution in [0.3, 0.4) is 0 Å². The number of nitro benzene ring substituents is 1. The predicted octanol–water partition coefficient (Wildman–Crippen LogP) is 4.74. The minimum Gasteiger partial charge on any atom is -0.478 e. The van der Waals surface area contributed by atoms with Crippen LogP contribution in [0.1, 0.15) is 51.4 Å². The smallest absolute Gasteiger partial charge is 0.478 e. The molecule has 5 atom stereocenters. The van der Waals surface area contributed by atoms with E-state index in [1.54, 1.807) is 18.2 Å². The number of aromatic nitrogens is 2. The Hall–Kier alpha value is -6.94. The summed E-state index contributed by atoms with van der Waals surface area (Å²) in [4.78, 5) is 97.3. The van der Waals surface area contributed by atoms with E-state index in [0.29, 0.717) is 39.8 Å².